The molecular formula is C32H30FN3O4S. The van der Waals surface area contributed by atoms with E-state index in [0.29, 0.717) is 47.7 Å². The maximum Gasteiger partial charge on any atom is 0.238 e. The first kappa shape index (κ1) is 28.2. The summed E-state index contributed by atoms with van der Waals surface area (Å²) in [5.74, 6) is -0.456. The Morgan fingerprint density at radius 1 is 0.854 bits per heavy atom. The molecule has 0 radical (unpaired) electrons. The molecule has 2 N–H and O–H groups in total. The van der Waals surface area contributed by atoms with Crippen LogP contribution >= 0.6 is 0 Å². The van der Waals surface area contributed by atoms with E-state index in [0.717, 1.165) is 11.1 Å². The van der Waals surface area contributed by atoms with Crippen LogP contribution in [0.4, 0.5) is 4.39 Å². The number of hydrogen-bond donors (Lipinski definition) is 1. The lowest BCUT2D eigenvalue weighted by Gasteiger charge is -2.13. The quantitative estimate of drug-likeness (QED) is 0.211. The zero-order chi connectivity index (χ0) is 28.8. The van der Waals surface area contributed by atoms with Gasteiger partial charge in [-0.15, -0.1) is 0 Å². The van der Waals surface area contributed by atoms with Crippen molar-refractivity contribution in [2.45, 2.75) is 31.1 Å². The second kappa shape index (κ2) is 12.5. The highest BCUT2D eigenvalue weighted by Gasteiger charge is 2.26. The first-order chi connectivity index (χ1) is 19.8. The van der Waals surface area contributed by atoms with Crippen molar-refractivity contribution in [1.29, 1.82) is 0 Å². The minimum Gasteiger partial charge on any atom is -0.494 e. The summed E-state index contributed by atoms with van der Waals surface area (Å²) in [6.07, 6.45) is 0.668. The molecule has 5 aromatic rings. The van der Waals surface area contributed by atoms with Crippen LogP contribution in [0.25, 0.3) is 22.4 Å². The van der Waals surface area contributed by atoms with E-state index in [1.807, 2.05) is 65.3 Å². The molecule has 41 heavy (non-hydrogen) atoms. The molecule has 0 aliphatic heterocycles. The van der Waals surface area contributed by atoms with Crippen LogP contribution < -0.4 is 9.88 Å². The van der Waals surface area contributed by atoms with Crippen molar-refractivity contribution in [3.8, 4) is 28.1 Å². The number of benzene rings is 4. The second-order valence-electron chi connectivity index (χ2n) is 9.50. The van der Waals surface area contributed by atoms with Crippen LogP contribution in [0, 0.1) is 5.82 Å². The molecule has 0 saturated carbocycles. The van der Waals surface area contributed by atoms with Crippen molar-refractivity contribution >= 4 is 10.0 Å². The van der Waals surface area contributed by atoms with Gasteiger partial charge in [0.15, 0.2) is 11.6 Å². The Balaban J connectivity index is 1.67. The average molecular weight is 572 g/mol. The molecule has 0 unspecified atom stereocenters. The molecule has 4 aromatic carbocycles. The summed E-state index contributed by atoms with van der Waals surface area (Å²) < 4.78 is 53.3. The molecule has 210 valence electrons. The molecule has 0 aliphatic carbocycles. The van der Waals surface area contributed by atoms with Crippen LogP contribution in [0.1, 0.15) is 16.8 Å². The number of halogens is 1. The Hall–Kier alpha value is -4.31. The lowest BCUT2D eigenvalue weighted by molar-refractivity contribution is 0.101. The predicted molar refractivity (Wildman–Crippen MR) is 156 cm³/mol. The van der Waals surface area contributed by atoms with Crippen LogP contribution in [0.3, 0.4) is 0 Å². The van der Waals surface area contributed by atoms with E-state index in [9.17, 15) is 8.42 Å². The smallest absolute Gasteiger partial charge is 0.238 e. The normalized spacial score (nSPS) is 11.5. The first-order valence-electron chi connectivity index (χ1n) is 13.1. The van der Waals surface area contributed by atoms with Gasteiger partial charge in [0.25, 0.3) is 0 Å². The molecule has 9 heteroatoms. The summed E-state index contributed by atoms with van der Waals surface area (Å²) in [6, 6.07) is 30.8. The van der Waals surface area contributed by atoms with Gasteiger partial charge in [0.1, 0.15) is 5.69 Å². The summed E-state index contributed by atoms with van der Waals surface area (Å²) in [5.41, 5.74) is 4.55. The van der Waals surface area contributed by atoms with Gasteiger partial charge in [-0.2, -0.15) is 5.10 Å². The molecule has 7 nitrogen and oxygen atoms in total. The molecule has 0 fully saturated rings. The summed E-state index contributed by atoms with van der Waals surface area (Å²) in [4.78, 5) is -0.0697. The van der Waals surface area contributed by atoms with Gasteiger partial charge in [-0.1, -0.05) is 84.9 Å². The first-order valence-corrected chi connectivity index (χ1v) is 14.6. The van der Waals surface area contributed by atoms with Crippen molar-refractivity contribution < 1.29 is 22.3 Å². The standard InChI is InChI=1S/C32H30FN3O4S/c1-39-29-17-16-25(20-27(29)33)31-28(22-40-21-24-12-6-3-7-13-24)36(19-18-23-10-4-2-5-11-23)35-32(31)26-14-8-9-15-30(26)41(34,37)38/h2-17,20H,18-19,21-22H2,1H3,(H2,34,37,38). The van der Waals surface area contributed by atoms with Crippen molar-refractivity contribution in [1.82, 2.24) is 9.78 Å². The zero-order valence-electron chi connectivity index (χ0n) is 22.5. The fourth-order valence-electron chi connectivity index (χ4n) is 4.77. The summed E-state index contributed by atoms with van der Waals surface area (Å²) in [6.45, 7) is 0.985. The Morgan fingerprint density at radius 3 is 2.17 bits per heavy atom. The van der Waals surface area contributed by atoms with Gasteiger partial charge in [0.05, 0.1) is 30.9 Å². The van der Waals surface area contributed by atoms with E-state index in [2.05, 4.69) is 0 Å². The molecule has 0 saturated heterocycles. The van der Waals surface area contributed by atoms with Gasteiger partial charge < -0.3 is 9.47 Å². The van der Waals surface area contributed by atoms with Crippen LogP contribution in [-0.4, -0.2) is 25.3 Å². The molecule has 0 bridgehead atoms. The zero-order valence-corrected chi connectivity index (χ0v) is 23.4. The molecule has 0 amide bonds. The largest absolute Gasteiger partial charge is 0.494 e. The monoisotopic (exact) mass is 571 g/mol. The number of sulfonamides is 1. The molecule has 1 heterocycles. The lowest BCUT2D eigenvalue weighted by atomic mass is 9.98. The SMILES string of the molecule is COc1ccc(-c2c(-c3ccccc3S(N)(=O)=O)nn(CCc3ccccc3)c2COCc2ccccc2)cc1F. The number of ether oxygens (including phenoxy) is 2. The second-order valence-corrected chi connectivity index (χ2v) is 11.0. The minimum atomic E-state index is -4.09. The van der Waals surface area contributed by atoms with Crippen LogP contribution in [-0.2, 0) is 40.9 Å². The van der Waals surface area contributed by atoms with Gasteiger partial charge >= 0.3 is 0 Å². The Labute approximate surface area is 239 Å². The summed E-state index contributed by atoms with van der Waals surface area (Å²) >= 11 is 0. The number of methoxy groups -OCH3 is 1. The van der Waals surface area contributed by atoms with Crippen molar-refractivity contribution in [3.63, 3.8) is 0 Å². The number of aryl methyl sites for hydroxylation is 2. The number of nitrogens with zero attached hydrogens (tertiary/aromatic N) is 2. The van der Waals surface area contributed by atoms with E-state index < -0.39 is 15.8 Å². The predicted octanol–water partition coefficient (Wildman–Crippen LogP) is 5.97. The molecule has 0 spiro atoms. The third-order valence-corrected chi connectivity index (χ3v) is 7.72. The lowest BCUT2D eigenvalue weighted by Crippen LogP contribution is -2.13. The average Bonchev–Trinajstić information content (AvgIpc) is 3.34. The van der Waals surface area contributed by atoms with E-state index in [1.54, 1.807) is 24.3 Å². The molecule has 0 aliphatic rings. The van der Waals surface area contributed by atoms with E-state index in [4.69, 9.17) is 19.7 Å². The number of primary sulfonamides is 1. The van der Waals surface area contributed by atoms with Gasteiger partial charge in [-0.25, -0.2) is 17.9 Å². The van der Waals surface area contributed by atoms with E-state index >= 15 is 4.39 Å². The fraction of sp³-hybridized carbons (Fsp3) is 0.156. The summed E-state index contributed by atoms with van der Waals surface area (Å²) in [7, 11) is -2.69. The van der Waals surface area contributed by atoms with Crippen molar-refractivity contribution in [3.05, 3.63) is 126 Å². The fourth-order valence-corrected chi connectivity index (χ4v) is 5.51. The molecule has 0 atom stereocenters. The molecule has 1 aromatic heterocycles. The van der Waals surface area contributed by atoms with Gasteiger partial charge in [-0.05, 0) is 41.3 Å². The highest BCUT2D eigenvalue weighted by Crippen LogP contribution is 2.39. The van der Waals surface area contributed by atoms with Crippen molar-refractivity contribution in [2.24, 2.45) is 5.14 Å². The molecular weight excluding hydrogens is 541 g/mol. The van der Waals surface area contributed by atoms with Crippen LogP contribution in [0.15, 0.2) is 108 Å². The highest BCUT2D eigenvalue weighted by atomic mass is 32.2. The van der Waals surface area contributed by atoms with E-state index in [-0.39, 0.29) is 17.3 Å². The number of nitrogens with two attached hydrogens (primary N) is 1. The third kappa shape index (κ3) is 6.54. The maximum atomic E-state index is 15.0. The Morgan fingerprint density at radius 2 is 1.51 bits per heavy atom. The van der Waals surface area contributed by atoms with E-state index in [1.165, 1.54) is 25.3 Å². The maximum absolute atomic E-state index is 15.0. The van der Waals surface area contributed by atoms with Crippen molar-refractivity contribution in [2.75, 3.05) is 7.11 Å². The number of hydrogen-bond acceptors (Lipinski definition) is 5. The minimum absolute atomic E-state index is 0.0697. The number of rotatable bonds is 11. The number of aromatic nitrogens is 2. The van der Waals surface area contributed by atoms with Crippen LogP contribution in [0.5, 0.6) is 5.75 Å². The molecule has 5 rings (SSSR count). The van der Waals surface area contributed by atoms with Gasteiger partial charge in [0.2, 0.25) is 10.0 Å². The summed E-state index contributed by atoms with van der Waals surface area (Å²) in [5, 5.41) is 10.5. The Bertz CT molecular complexity index is 1740. The topological polar surface area (TPSA) is 96.4 Å². The van der Waals surface area contributed by atoms with Crippen LogP contribution in [0.2, 0.25) is 0 Å². The van der Waals surface area contributed by atoms with Gasteiger partial charge in [-0.3, -0.25) is 4.68 Å². The highest BCUT2D eigenvalue weighted by molar-refractivity contribution is 7.89. The third-order valence-electron chi connectivity index (χ3n) is 6.75. The Kier molecular flexibility index (Phi) is 8.58. The van der Waals surface area contributed by atoms with Gasteiger partial charge in [0, 0.05) is 17.7 Å².